The standard InChI is InChI=1S/C23H19NO2.6CH3.2Sn/c25-22(15-14-18-8-3-1-4-9-18)20-12-7-13-21(16-20)23(26)24-17-19-10-5-2-6-11-19;;;;;;;;/h1-3,5,7-13,16H,14-15,17H2,(H,24,26);6*1H3;;. The van der Waals surface area contributed by atoms with E-state index in [2.05, 4.69) is 83.5 Å². The molecule has 5 heteroatoms. The zero-order chi connectivity index (χ0) is 24.9. The number of amides is 1. The first-order chi connectivity index (χ1) is 15.9. The summed E-state index contributed by atoms with van der Waals surface area (Å²) in [5.74, 6) is -0.0746. The van der Waals surface area contributed by atoms with Crippen LogP contribution in [0.3, 0.4) is 0 Å². The Kier molecular flexibility index (Phi) is 9.07. The molecule has 0 radical (unpaired) electrons. The van der Waals surface area contributed by atoms with Crippen molar-refractivity contribution < 1.29 is 9.59 Å². The Labute approximate surface area is 213 Å². The summed E-state index contributed by atoms with van der Waals surface area (Å²) in [7, 11) is 0. The molecule has 0 spiro atoms. The molecule has 0 saturated carbocycles. The third-order valence-electron chi connectivity index (χ3n) is 6.13. The molecule has 0 aromatic heterocycles. The Bertz CT molecular complexity index is 1080. The van der Waals surface area contributed by atoms with E-state index in [0.29, 0.717) is 24.1 Å². The van der Waals surface area contributed by atoms with Crippen molar-refractivity contribution in [3.05, 3.63) is 95.1 Å². The van der Waals surface area contributed by atoms with E-state index >= 15 is 0 Å². The van der Waals surface area contributed by atoms with Gasteiger partial charge in [0.05, 0.1) is 0 Å². The predicted octanol–water partition coefficient (Wildman–Crippen LogP) is 5.52. The number of benzene rings is 3. The van der Waals surface area contributed by atoms with Gasteiger partial charge in [0.25, 0.3) is 0 Å². The fourth-order valence-electron chi connectivity index (χ4n) is 3.86. The molecule has 0 bridgehead atoms. The number of Topliss-reactive ketones (excluding diaryl/α,β-unsaturated/α-hetero) is 1. The summed E-state index contributed by atoms with van der Waals surface area (Å²) in [6.45, 7) is 0.488. The van der Waals surface area contributed by atoms with E-state index in [1.165, 1.54) is 12.7 Å². The van der Waals surface area contributed by atoms with Gasteiger partial charge in [-0.2, -0.15) is 0 Å². The summed E-state index contributed by atoms with van der Waals surface area (Å²) < 4.78 is 2.93. The van der Waals surface area contributed by atoms with E-state index < -0.39 is 36.8 Å². The minimum atomic E-state index is -2.14. The quantitative estimate of drug-likeness (QED) is 0.241. The van der Waals surface area contributed by atoms with Crippen molar-refractivity contribution in [2.24, 2.45) is 0 Å². The van der Waals surface area contributed by atoms with Crippen LogP contribution in [0.15, 0.2) is 72.8 Å². The molecule has 3 aromatic carbocycles. The number of carbonyl (C=O) groups excluding carboxylic acids is 2. The summed E-state index contributed by atoms with van der Waals surface area (Å²) in [6.07, 6.45) is 1.17. The summed E-state index contributed by atoms with van der Waals surface area (Å²) in [4.78, 5) is 40.0. The molecule has 3 nitrogen and oxygen atoms in total. The van der Waals surface area contributed by atoms with Gasteiger partial charge < -0.3 is 0 Å². The molecule has 0 aliphatic rings. The van der Waals surface area contributed by atoms with E-state index in [1.807, 2.05) is 0 Å². The third kappa shape index (κ3) is 7.70. The molecule has 3 aromatic rings. The zero-order valence-corrected chi connectivity index (χ0v) is 27.1. The van der Waals surface area contributed by atoms with Crippen molar-refractivity contribution in [2.45, 2.75) is 49.0 Å². The maximum absolute atomic E-state index is 12.9. The van der Waals surface area contributed by atoms with E-state index in [0.717, 1.165) is 12.0 Å². The molecule has 0 aliphatic heterocycles. The van der Waals surface area contributed by atoms with Crippen molar-refractivity contribution in [2.75, 3.05) is 0 Å². The van der Waals surface area contributed by atoms with E-state index in [4.69, 9.17) is 0 Å². The molecule has 0 atom stereocenters. The number of ketones is 1. The molecule has 3 rings (SSSR count). The van der Waals surface area contributed by atoms with E-state index in [9.17, 15) is 9.59 Å². The Morgan fingerprint density at radius 1 is 0.676 bits per heavy atom. The van der Waals surface area contributed by atoms with Crippen LogP contribution < -0.4 is 12.5 Å². The number of rotatable bonds is 9. The molecule has 0 aliphatic carbocycles. The Morgan fingerprint density at radius 3 is 1.82 bits per heavy atom. The summed E-state index contributed by atoms with van der Waals surface area (Å²) in [5, 5.41) is 3.02. The van der Waals surface area contributed by atoms with Gasteiger partial charge in [-0.25, -0.2) is 0 Å². The van der Waals surface area contributed by atoms with Crippen molar-refractivity contribution >= 4 is 55.6 Å². The van der Waals surface area contributed by atoms with Crippen LogP contribution in [0.25, 0.3) is 0 Å². The summed E-state index contributed by atoms with van der Waals surface area (Å²) in [5.41, 5.74) is 3.46. The van der Waals surface area contributed by atoms with E-state index in [-0.39, 0.29) is 11.7 Å². The average molecular weight is 669 g/mol. The zero-order valence-electron chi connectivity index (χ0n) is 21.4. The Hall–Kier alpha value is -1.60. The van der Waals surface area contributed by atoms with Crippen LogP contribution in [0.5, 0.6) is 0 Å². The number of aryl methyl sites for hydroxylation is 1. The van der Waals surface area contributed by atoms with Crippen LogP contribution in [0.1, 0.15) is 38.3 Å². The Balaban J connectivity index is 1.62. The molecule has 178 valence electrons. The number of hydrogen-bond donors (Lipinski definition) is 1. The van der Waals surface area contributed by atoms with Crippen molar-refractivity contribution in [3.8, 4) is 0 Å². The number of carbonyl (C=O) groups is 2. The average Bonchev–Trinajstić information content (AvgIpc) is 2.80. The van der Waals surface area contributed by atoms with Crippen molar-refractivity contribution in [1.29, 1.82) is 0 Å². The molecule has 0 saturated heterocycles. The predicted molar refractivity (Wildman–Crippen MR) is 149 cm³/mol. The van der Waals surface area contributed by atoms with Crippen LogP contribution in [0, 0.1) is 0 Å². The van der Waals surface area contributed by atoms with Gasteiger partial charge in [0.15, 0.2) is 0 Å². The molecular formula is C29H37NO2Sn2. The van der Waals surface area contributed by atoms with Crippen LogP contribution in [0.4, 0.5) is 0 Å². The van der Waals surface area contributed by atoms with Gasteiger partial charge in [0.2, 0.25) is 0 Å². The summed E-state index contributed by atoms with van der Waals surface area (Å²) >= 11 is -4.27. The van der Waals surface area contributed by atoms with Gasteiger partial charge in [-0.15, -0.1) is 0 Å². The molecule has 0 fully saturated rings. The first-order valence-corrected chi connectivity index (χ1v) is 32.0. The van der Waals surface area contributed by atoms with Gasteiger partial charge in [0, 0.05) is 0 Å². The van der Waals surface area contributed by atoms with Gasteiger partial charge in [0.1, 0.15) is 0 Å². The first-order valence-electron chi connectivity index (χ1n) is 12.0. The van der Waals surface area contributed by atoms with Crippen LogP contribution in [-0.2, 0) is 13.0 Å². The second kappa shape index (κ2) is 11.4. The topological polar surface area (TPSA) is 46.2 Å². The monoisotopic (exact) mass is 671 g/mol. The Morgan fingerprint density at radius 2 is 1.21 bits per heavy atom. The normalized spacial score (nSPS) is 11.8. The molecule has 34 heavy (non-hydrogen) atoms. The SMILES string of the molecule is [CH3][Sn]([CH3])([CH3])[c]1cccc(CCC(=O)c2cccc(C(=O)NCc3ccc[c]([Sn]([CH3])([CH3])[CH3])c3)c2)c1. The molecular weight excluding hydrogens is 632 g/mol. The molecule has 0 unspecified atom stereocenters. The summed E-state index contributed by atoms with van der Waals surface area (Å²) in [6, 6.07) is 24.4. The van der Waals surface area contributed by atoms with Gasteiger partial charge in [-0.1, -0.05) is 0 Å². The van der Waals surface area contributed by atoms with Gasteiger partial charge >= 0.3 is 215 Å². The fourth-order valence-corrected chi connectivity index (χ4v) is 10.8. The van der Waals surface area contributed by atoms with Gasteiger partial charge in [-0.3, -0.25) is 0 Å². The second-order valence-corrected chi connectivity index (χ2v) is 40.1. The fraction of sp³-hybridized carbons (Fsp3) is 0.310. The first kappa shape index (κ1) is 27.0. The minimum absolute atomic E-state index is 0.0738. The number of hydrogen-bond acceptors (Lipinski definition) is 2. The van der Waals surface area contributed by atoms with E-state index in [1.54, 1.807) is 24.3 Å². The maximum atomic E-state index is 12.9. The van der Waals surface area contributed by atoms with Crippen LogP contribution >= 0.6 is 0 Å². The van der Waals surface area contributed by atoms with Gasteiger partial charge in [-0.05, 0) is 0 Å². The molecule has 1 N–H and O–H groups in total. The van der Waals surface area contributed by atoms with Crippen molar-refractivity contribution in [1.82, 2.24) is 5.32 Å². The van der Waals surface area contributed by atoms with Crippen LogP contribution in [0.2, 0.25) is 29.6 Å². The molecule has 0 heterocycles. The molecule has 1 amide bonds. The van der Waals surface area contributed by atoms with Crippen molar-refractivity contribution in [3.63, 3.8) is 0 Å². The third-order valence-corrected chi connectivity index (χ3v) is 17.8. The second-order valence-electron chi connectivity index (χ2n) is 11.1. The van der Waals surface area contributed by atoms with Crippen LogP contribution in [-0.4, -0.2) is 48.4 Å². The number of nitrogens with one attached hydrogen (secondary N) is 1.